The molecule has 2 heterocycles. The maximum Gasteiger partial charge on any atom is 0.243 e. The smallest absolute Gasteiger partial charge is 0.243 e. The highest BCUT2D eigenvalue weighted by Crippen LogP contribution is 2.20. The molecule has 1 saturated heterocycles. The molecule has 350 valence electrons. The molecule has 14 N–H and O–H groups in total. The summed E-state index contributed by atoms with van der Waals surface area (Å²) >= 11 is 0. The first kappa shape index (κ1) is 50.3. The predicted molar refractivity (Wildman–Crippen MR) is 239 cm³/mol. The Morgan fingerprint density at radius 1 is 0.723 bits per heavy atom. The van der Waals surface area contributed by atoms with E-state index in [1.807, 2.05) is 24.3 Å². The Morgan fingerprint density at radius 3 is 1.98 bits per heavy atom. The van der Waals surface area contributed by atoms with Crippen molar-refractivity contribution < 1.29 is 43.2 Å². The quantitative estimate of drug-likeness (QED) is 0.0543. The molecule has 3 aromatic rings. The summed E-state index contributed by atoms with van der Waals surface area (Å²) in [4.78, 5) is 124. The molecule has 8 amide bonds. The maximum absolute atomic E-state index is 14.4. The van der Waals surface area contributed by atoms with E-state index in [1.165, 1.54) is 13.8 Å². The lowest BCUT2D eigenvalue weighted by atomic mass is 10.0. The SMILES string of the molecule is CC(=O)N[C@H]1CCC(=O)NCCC[C@@H](C(C)=O)NC(=O)[C@H](Cc2c[nH]c3ccccc23)NC(=O)[C@H](CCCNC(=N)N)NC(=O)[C@@H](Cc2ccccc2)NC(=O)[C@H](CCC(N)=O)NC1=O. The molecule has 0 saturated carbocycles. The molecule has 1 aliphatic rings. The lowest BCUT2D eigenvalue weighted by Crippen LogP contribution is -2.60. The number of ketones is 1. The van der Waals surface area contributed by atoms with E-state index in [4.69, 9.17) is 16.9 Å². The lowest BCUT2D eigenvalue weighted by molar-refractivity contribution is -0.135. The molecule has 0 spiro atoms. The van der Waals surface area contributed by atoms with Gasteiger partial charge in [-0.1, -0.05) is 48.5 Å². The van der Waals surface area contributed by atoms with Crippen molar-refractivity contribution in [1.82, 2.24) is 47.5 Å². The van der Waals surface area contributed by atoms with Crippen LogP contribution < -0.4 is 54.0 Å². The molecular formula is C44H60N12O9. The average molecular weight is 901 g/mol. The van der Waals surface area contributed by atoms with Crippen molar-refractivity contribution in [2.75, 3.05) is 13.1 Å². The minimum Gasteiger partial charge on any atom is -0.370 e. The van der Waals surface area contributed by atoms with E-state index in [-0.39, 0.29) is 89.0 Å². The predicted octanol–water partition coefficient (Wildman–Crippen LogP) is -1.31. The van der Waals surface area contributed by atoms with Crippen LogP contribution in [0.4, 0.5) is 0 Å². The van der Waals surface area contributed by atoms with Gasteiger partial charge in [0.15, 0.2) is 11.7 Å². The number of aromatic amines is 1. The fraction of sp³-hybridized carbons (Fsp3) is 0.455. The number of hydrogen-bond donors (Lipinski definition) is 12. The zero-order valence-corrected chi connectivity index (χ0v) is 36.6. The van der Waals surface area contributed by atoms with Crippen LogP contribution in [0.15, 0.2) is 60.8 Å². The first-order valence-corrected chi connectivity index (χ1v) is 21.5. The van der Waals surface area contributed by atoms with Crippen LogP contribution >= 0.6 is 0 Å². The van der Waals surface area contributed by atoms with Crippen molar-refractivity contribution in [3.05, 3.63) is 71.9 Å². The molecular weight excluding hydrogens is 841 g/mol. The van der Waals surface area contributed by atoms with E-state index in [2.05, 4.69) is 47.5 Å². The lowest BCUT2D eigenvalue weighted by Gasteiger charge is -2.28. The van der Waals surface area contributed by atoms with Gasteiger partial charge in [-0.15, -0.1) is 0 Å². The monoisotopic (exact) mass is 900 g/mol. The third-order valence-corrected chi connectivity index (χ3v) is 10.7. The zero-order chi connectivity index (χ0) is 47.5. The Morgan fingerprint density at radius 2 is 1.32 bits per heavy atom. The van der Waals surface area contributed by atoms with Crippen LogP contribution in [0.25, 0.3) is 10.9 Å². The Labute approximate surface area is 376 Å². The normalized spacial score (nSPS) is 22.2. The topological polar surface area (TPSA) is 342 Å². The largest absolute Gasteiger partial charge is 0.370 e. The highest BCUT2D eigenvalue weighted by atomic mass is 16.2. The third-order valence-electron chi connectivity index (χ3n) is 10.7. The van der Waals surface area contributed by atoms with E-state index in [9.17, 15) is 43.2 Å². The van der Waals surface area contributed by atoms with Gasteiger partial charge in [-0.05, 0) is 62.6 Å². The van der Waals surface area contributed by atoms with E-state index in [0.717, 1.165) is 10.9 Å². The van der Waals surface area contributed by atoms with Crippen molar-refractivity contribution in [2.45, 2.75) is 114 Å². The number of benzene rings is 2. The number of carbonyl (C=O) groups is 9. The molecule has 0 radical (unpaired) electrons. The minimum atomic E-state index is -1.46. The van der Waals surface area contributed by atoms with Crippen molar-refractivity contribution in [3.63, 3.8) is 0 Å². The van der Waals surface area contributed by atoms with Crippen molar-refractivity contribution in [3.8, 4) is 0 Å². The highest BCUT2D eigenvalue weighted by Gasteiger charge is 2.34. The Balaban J connectivity index is 1.76. The highest BCUT2D eigenvalue weighted by molar-refractivity contribution is 5.98. The number of rotatable bonds is 13. The van der Waals surface area contributed by atoms with Crippen LogP contribution in [0.1, 0.15) is 76.3 Å². The van der Waals surface area contributed by atoms with Crippen LogP contribution in [-0.4, -0.2) is 113 Å². The Kier molecular flexibility index (Phi) is 19.4. The number of nitrogens with two attached hydrogens (primary N) is 2. The van der Waals surface area contributed by atoms with Gasteiger partial charge >= 0.3 is 0 Å². The summed E-state index contributed by atoms with van der Waals surface area (Å²) in [5.74, 6) is -6.59. The number of Topliss-reactive ketones (excluding diaryl/α,β-unsaturated/α-hetero) is 1. The van der Waals surface area contributed by atoms with Crippen LogP contribution in [0.5, 0.6) is 0 Å². The van der Waals surface area contributed by atoms with Crippen molar-refractivity contribution in [2.24, 2.45) is 11.5 Å². The van der Waals surface area contributed by atoms with Gasteiger partial charge in [0.05, 0.1) is 6.04 Å². The van der Waals surface area contributed by atoms with Crippen LogP contribution in [-0.2, 0) is 56.0 Å². The Bertz CT molecular complexity index is 2200. The number of H-pyrrole nitrogens is 1. The molecule has 1 aliphatic heterocycles. The van der Waals surface area contributed by atoms with Crippen LogP contribution in [0.3, 0.4) is 0 Å². The second kappa shape index (κ2) is 25.1. The molecule has 0 unspecified atom stereocenters. The molecule has 4 rings (SSSR count). The molecule has 1 fully saturated rings. The number of carbonyl (C=O) groups excluding carboxylic acids is 9. The zero-order valence-electron chi connectivity index (χ0n) is 36.6. The number of para-hydroxylation sites is 1. The molecule has 21 heteroatoms. The minimum absolute atomic E-state index is 0.0284. The number of nitrogens with one attached hydrogen (secondary N) is 10. The van der Waals surface area contributed by atoms with Crippen molar-refractivity contribution in [1.29, 1.82) is 5.41 Å². The molecule has 1 aromatic heterocycles. The summed E-state index contributed by atoms with van der Waals surface area (Å²) in [5, 5.41) is 29.7. The number of fused-ring (bicyclic) bond motifs is 1. The summed E-state index contributed by atoms with van der Waals surface area (Å²) in [6.45, 7) is 2.70. The van der Waals surface area contributed by atoms with Gasteiger partial charge in [-0.25, -0.2) is 0 Å². The van der Waals surface area contributed by atoms with E-state index in [0.29, 0.717) is 11.1 Å². The molecule has 6 atom stereocenters. The fourth-order valence-corrected chi connectivity index (χ4v) is 7.29. The van der Waals surface area contributed by atoms with Gasteiger partial charge in [0.2, 0.25) is 47.3 Å². The van der Waals surface area contributed by atoms with Gasteiger partial charge in [0.1, 0.15) is 30.2 Å². The first-order valence-electron chi connectivity index (χ1n) is 21.5. The summed E-state index contributed by atoms with van der Waals surface area (Å²) in [5.41, 5.74) is 13.0. The van der Waals surface area contributed by atoms with E-state index >= 15 is 0 Å². The molecule has 0 aliphatic carbocycles. The van der Waals surface area contributed by atoms with Crippen LogP contribution in [0, 0.1) is 5.41 Å². The van der Waals surface area contributed by atoms with E-state index in [1.54, 1.807) is 36.5 Å². The molecule has 0 bridgehead atoms. The Hall–Kier alpha value is -7.32. The number of primary amides is 1. The summed E-state index contributed by atoms with van der Waals surface area (Å²) in [6, 6.07) is 8.23. The number of amides is 8. The summed E-state index contributed by atoms with van der Waals surface area (Å²) < 4.78 is 0. The maximum atomic E-state index is 14.4. The fourth-order valence-electron chi connectivity index (χ4n) is 7.29. The van der Waals surface area contributed by atoms with E-state index < -0.39 is 83.5 Å². The number of hydrogen-bond acceptors (Lipinski definition) is 10. The van der Waals surface area contributed by atoms with Gasteiger partial charge in [0, 0.05) is 62.8 Å². The number of aromatic nitrogens is 1. The first-order chi connectivity index (χ1) is 31.0. The van der Waals surface area contributed by atoms with Gasteiger partial charge < -0.3 is 59.0 Å². The van der Waals surface area contributed by atoms with Gasteiger partial charge in [0.25, 0.3) is 0 Å². The van der Waals surface area contributed by atoms with Crippen LogP contribution in [0.2, 0.25) is 0 Å². The summed E-state index contributed by atoms with van der Waals surface area (Å²) in [7, 11) is 0. The molecule has 2 aromatic carbocycles. The van der Waals surface area contributed by atoms with Gasteiger partial charge in [-0.3, -0.25) is 48.6 Å². The standard InChI is InChI=1S/C44H60N12O9/c1-25(57)30-14-8-20-48-38(60)19-17-33(51-26(2)58)40(62)54-34(16-18-37(45)59)41(63)55-35(22-27-10-4-3-5-11-27)42(64)53-32(15-9-21-49-44(46)47)39(61)56-36(43(65)52-30)23-28-24-50-31-13-7-6-12-29(28)31/h3-7,10-13,24,30,32-36,50H,8-9,14-23H2,1-2H3,(H2,45,59)(H,48,60)(H,51,58)(H,52,65)(H,53,64)(H,54,62)(H,55,63)(H,56,61)(H4,46,47,49)/t30-,32-,33-,34-,35+,36-/m0/s1. The number of guanidine groups is 1. The molecule has 65 heavy (non-hydrogen) atoms. The molecule has 21 nitrogen and oxygen atoms in total. The summed E-state index contributed by atoms with van der Waals surface area (Å²) in [6.07, 6.45) is 1.04. The van der Waals surface area contributed by atoms with Gasteiger partial charge in [-0.2, -0.15) is 0 Å². The van der Waals surface area contributed by atoms with Crippen molar-refractivity contribution >= 4 is 69.9 Å². The third kappa shape index (κ3) is 16.7. The second-order valence-electron chi connectivity index (χ2n) is 15.9. The average Bonchev–Trinajstić information content (AvgIpc) is 3.67. The second-order valence-corrected chi connectivity index (χ2v) is 15.9.